The number of rotatable bonds is 2. The fourth-order valence-electron chi connectivity index (χ4n) is 5.48. The minimum Gasteiger partial charge on any atom is -0.226 e. The van der Waals surface area contributed by atoms with E-state index in [1.54, 1.807) is 12.1 Å². The van der Waals surface area contributed by atoms with Crippen molar-refractivity contribution >= 4 is 56.3 Å². The largest absolute Gasteiger partial charge is 0.284 e. The van der Waals surface area contributed by atoms with Gasteiger partial charge in [0.1, 0.15) is 0 Å². The lowest BCUT2D eigenvalue weighted by Gasteiger charge is -2.16. The van der Waals surface area contributed by atoms with Gasteiger partial charge in [0, 0.05) is 29.3 Å². The molecule has 47 heavy (non-hydrogen) atoms. The van der Waals surface area contributed by atoms with Crippen molar-refractivity contribution in [3.63, 3.8) is 0 Å². The number of allylic oxidation sites excluding steroid dienone is 8. The number of nitrogens with zero attached hydrogens (tertiary/aromatic N) is 8. The lowest BCUT2D eigenvalue weighted by atomic mass is 10.0. The van der Waals surface area contributed by atoms with Gasteiger partial charge in [-0.3, -0.25) is 0 Å². The zero-order chi connectivity index (χ0) is 34.6. The summed E-state index contributed by atoms with van der Waals surface area (Å²) >= 11 is 2.85. The van der Waals surface area contributed by atoms with Crippen molar-refractivity contribution in [1.29, 1.82) is 21.0 Å². The molecule has 0 aliphatic heterocycles. The van der Waals surface area contributed by atoms with Crippen molar-refractivity contribution in [1.82, 2.24) is 0 Å². The van der Waals surface area contributed by atoms with Crippen LogP contribution in [0.3, 0.4) is 0 Å². The minimum atomic E-state index is -3.95. The van der Waals surface area contributed by atoms with Crippen LogP contribution in [-0.4, -0.2) is 11.8 Å². The molecule has 0 atom stereocenters. The van der Waals surface area contributed by atoms with E-state index in [0.717, 1.165) is 34.0 Å². The Morgan fingerprint density at radius 1 is 0.553 bits per heavy atom. The summed E-state index contributed by atoms with van der Waals surface area (Å²) < 4.78 is 62.9. The fraction of sp³-hybridized carbons (Fsp3) is 0.125. The molecule has 3 aromatic rings. The quantitative estimate of drug-likeness (QED) is 0.153. The number of nitriles is 4. The van der Waals surface area contributed by atoms with Crippen molar-refractivity contribution < 1.29 is 17.6 Å². The molecule has 2 aliphatic rings. The molecule has 0 spiro atoms. The molecule has 0 saturated carbocycles. The van der Waals surface area contributed by atoms with Crippen molar-refractivity contribution in [3.8, 4) is 43.8 Å². The summed E-state index contributed by atoms with van der Waals surface area (Å²) in [6.07, 6.45) is 0. The Morgan fingerprint density at radius 3 is 1.13 bits per heavy atom. The van der Waals surface area contributed by atoms with Gasteiger partial charge in [-0.25, -0.2) is 40.4 Å². The van der Waals surface area contributed by atoms with E-state index >= 15 is 17.6 Å². The third kappa shape index (κ3) is 4.29. The van der Waals surface area contributed by atoms with Gasteiger partial charge in [-0.15, -0.1) is 34.0 Å². The van der Waals surface area contributed by atoms with Gasteiger partial charge in [0.15, 0.2) is 0 Å². The summed E-state index contributed by atoms with van der Waals surface area (Å²) in [5.41, 5.74) is -6.77. The van der Waals surface area contributed by atoms with E-state index in [4.69, 9.17) is 26.3 Å². The first-order valence-electron chi connectivity index (χ1n) is 12.6. The predicted octanol–water partition coefficient (Wildman–Crippen LogP) is 9.74. The van der Waals surface area contributed by atoms with Crippen LogP contribution in [0.15, 0.2) is 34.9 Å². The average molecular weight is 677 g/mol. The highest BCUT2D eigenvalue weighted by atomic mass is 32.1. The van der Waals surface area contributed by atoms with Crippen LogP contribution in [0, 0.1) is 85.5 Å². The molecule has 222 valence electrons. The van der Waals surface area contributed by atoms with Gasteiger partial charge in [-0.2, -0.15) is 17.6 Å². The van der Waals surface area contributed by atoms with Gasteiger partial charge in [-0.1, -0.05) is 0 Å². The summed E-state index contributed by atoms with van der Waals surface area (Å²) in [4.78, 5) is 13.6. The summed E-state index contributed by atoms with van der Waals surface area (Å²) in [6.45, 7) is 32.2. The summed E-state index contributed by atoms with van der Waals surface area (Å²) in [5, 5.41) is 37.9. The second kappa shape index (κ2) is 11.2. The highest BCUT2D eigenvalue weighted by Gasteiger charge is 2.54. The Hall–Kier alpha value is -6.30. The Morgan fingerprint density at radius 2 is 0.851 bits per heavy atom. The van der Waals surface area contributed by atoms with Gasteiger partial charge < -0.3 is 0 Å². The number of halogens is 4. The van der Waals surface area contributed by atoms with Crippen LogP contribution in [0.5, 0.6) is 0 Å². The first-order chi connectivity index (χ1) is 22.3. The van der Waals surface area contributed by atoms with Crippen LogP contribution in [0.25, 0.3) is 61.2 Å². The third-order valence-electron chi connectivity index (χ3n) is 7.38. The van der Waals surface area contributed by atoms with Crippen molar-refractivity contribution in [2.45, 2.75) is 25.7 Å². The Bertz CT molecular complexity index is 2240. The normalized spacial score (nSPS) is 19.2. The van der Waals surface area contributed by atoms with Crippen molar-refractivity contribution in [3.05, 3.63) is 113 Å². The number of fused-ring (bicyclic) bond motifs is 2. The fourth-order valence-corrected chi connectivity index (χ4v) is 9.60. The van der Waals surface area contributed by atoms with Crippen LogP contribution < -0.4 is 0 Å². The topological polar surface area (TPSA) is 113 Å². The van der Waals surface area contributed by atoms with Crippen LogP contribution in [-0.2, 0) is 0 Å². The standard InChI is InChI=1S/C32H8F4N8S3/c1-13-21-23(15(9-37)41-3)31(33,34)25(17(11-39)43-5)29(21)46-27(13)19-7-8-20(45-19)28-14(2)22-24(16(10-38)42-4)32(35,36)26(30(22)47-28)18(12-40)44-6/h7-8H,1-2H3/b23-15-,24-16+,25-17-,26-18+. The predicted molar refractivity (Wildman–Crippen MR) is 167 cm³/mol. The van der Waals surface area contributed by atoms with Gasteiger partial charge >= 0.3 is 0 Å². The molecule has 0 radical (unpaired) electrons. The molecule has 8 nitrogen and oxygen atoms in total. The van der Waals surface area contributed by atoms with Crippen LogP contribution in [0.4, 0.5) is 17.6 Å². The molecule has 0 aromatic carbocycles. The number of thiophene rings is 3. The third-order valence-corrected chi connectivity index (χ3v) is 11.4. The molecule has 0 unspecified atom stereocenters. The van der Waals surface area contributed by atoms with Gasteiger partial charge in [0.2, 0.25) is 0 Å². The molecule has 0 amide bonds. The average Bonchev–Trinajstić information content (AvgIpc) is 3.82. The van der Waals surface area contributed by atoms with Crippen LogP contribution >= 0.6 is 34.0 Å². The molecule has 2 aliphatic carbocycles. The zero-order valence-electron chi connectivity index (χ0n) is 23.5. The Balaban J connectivity index is 1.77. The van der Waals surface area contributed by atoms with Crippen molar-refractivity contribution in [2.75, 3.05) is 0 Å². The molecule has 15 heteroatoms. The van der Waals surface area contributed by atoms with Crippen molar-refractivity contribution in [2.24, 2.45) is 0 Å². The molecule has 0 bridgehead atoms. The van der Waals surface area contributed by atoms with Crippen LogP contribution in [0.2, 0.25) is 0 Å². The summed E-state index contributed by atoms with van der Waals surface area (Å²) in [7, 11) is 0. The maximum absolute atomic E-state index is 15.7. The highest BCUT2D eigenvalue weighted by Crippen LogP contribution is 2.62. The maximum atomic E-state index is 15.7. The van der Waals surface area contributed by atoms with Crippen LogP contribution in [0.1, 0.15) is 32.0 Å². The monoisotopic (exact) mass is 676 g/mol. The van der Waals surface area contributed by atoms with E-state index in [9.17, 15) is 21.0 Å². The smallest absolute Gasteiger partial charge is 0.226 e. The van der Waals surface area contributed by atoms with E-state index in [1.807, 2.05) is 0 Å². The van der Waals surface area contributed by atoms with E-state index in [1.165, 1.54) is 38.1 Å². The Labute approximate surface area is 276 Å². The number of alkyl halides is 4. The number of hydrogen-bond acceptors (Lipinski definition) is 7. The van der Waals surface area contributed by atoms with Gasteiger partial charge in [0.05, 0.1) is 72.9 Å². The van der Waals surface area contributed by atoms with Gasteiger partial charge in [-0.05, 0) is 48.2 Å². The van der Waals surface area contributed by atoms with E-state index < -0.39 is 56.9 Å². The molecule has 3 aromatic heterocycles. The summed E-state index contributed by atoms with van der Waals surface area (Å²) in [5.74, 6) is -7.91. The molecule has 3 heterocycles. The van der Waals surface area contributed by atoms with E-state index in [0.29, 0.717) is 19.5 Å². The minimum absolute atomic E-state index is 0.117. The Kier molecular flexibility index (Phi) is 7.68. The first-order valence-corrected chi connectivity index (χ1v) is 15.0. The van der Waals surface area contributed by atoms with E-state index in [2.05, 4.69) is 19.4 Å². The first kappa shape index (κ1) is 32.1. The lowest BCUT2D eigenvalue weighted by Crippen LogP contribution is -2.16. The molecular formula is C32H8F4N8S3. The molecule has 0 N–H and O–H groups in total. The lowest BCUT2D eigenvalue weighted by molar-refractivity contribution is 0.137. The zero-order valence-corrected chi connectivity index (χ0v) is 25.9. The number of hydrogen-bond donors (Lipinski definition) is 0. The molecule has 0 saturated heterocycles. The second-order valence-corrected chi connectivity index (χ2v) is 12.7. The second-order valence-electron chi connectivity index (χ2n) is 9.62. The maximum Gasteiger partial charge on any atom is 0.284 e. The molecular weight excluding hydrogens is 669 g/mol. The SMILES string of the molecule is [C-]#[N+]/C(C#N)=C1/c2c(sc(-c3ccc(-c4sc5c(c4C)/C(=C(/C#N)[N+]#[C-])C(F)(F)/C5=C(\C#N)[N+]#[C-])s3)c2C)/C(=C(\C#N)[N+]#[C-])C1(F)F. The van der Waals surface area contributed by atoms with Gasteiger partial charge in [0.25, 0.3) is 34.6 Å². The highest BCUT2D eigenvalue weighted by molar-refractivity contribution is 7.27. The van der Waals surface area contributed by atoms with E-state index in [-0.39, 0.29) is 32.0 Å². The molecule has 5 rings (SSSR count). The summed E-state index contributed by atoms with van der Waals surface area (Å²) in [6, 6.07) is 9.24. The molecule has 0 fully saturated rings.